The number of carbonyl (C=O) groups is 1. The van der Waals surface area contributed by atoms with Crippen LogP contribution in [0.3, 0.4) is 0 Å². The Labute approximate surface area is 134 Å². The van der Waals surface area contributed by atoms with Crippen molar-refractivity contribution in [3.63, 3.8) is 0 Å². The van der Waals surface area contributed by atoms with Crippen LogP contribution in [0.2, 0.25) is 0 Å². The normalized spacial score (nSPS) is 10.6. The van der Waals surface area contributed by atoms with Gasteiger partial charge in [-0.3, -0.25) is 10.1 Å². The predicted octanol–water partition coefficient (Wildman–Crippen LogP) is 3.23. The first-order chi connectivity index (χ1) is 10.7. The number of anilines is 1. The number of hydrogen-bond acceptors (Lipinski definition) is 7. The van der Waals surface area contributed by atoms with E-state index in [2.05, 4.69) is 20.7 Å². The van der Waals surface area contributed by atoms with Crippen molar-refractivity contribution >= 4 is 34.9 Å². The highest BCUT2D eigenvalue weighted by Crippen LogP contribution is 2.23. The smallest absolute Gasteiger partial charge is 0.237 e. The summed E-state index contributed by atoms with van der Waals surface area (Å²) in [5.41, 5.74) is 1.55. The van der Waals surface area contributed by atoms with E-state index in [1.165, 1.54) is 11.8 Å². The Morgan fingerprint density at radius 3 is 2.91 bits per heavy atom. The van der Waals surface area contributed by atoms with Crippen LogP contribution in [0.25, 0.3) is 10.6 Å². The molecule has 0 bridgehead atoms. The maximum atomic E-state index is 11.8. The van der Waals surface area contributed by atoms with Crippen LogP contribution in [0.1, 0.15) is 5.69 Å². The van der Waals surface area contributed by atoms with Crippen molar-refractivity contribution in [3.8, 4) is 10.6 Å². The van der Waals surface area contributed by atoms with E-state index in [-0.39, 0.29) is 11.7 Å². The van der Waals surface area contributed by atoms with Crippen LogP contribution in [0.4, 0.5) is 5.88 Å². The number of carbonyl (C=O) groups excluding carboxylic acids is 1. The predicted molar refractivity (Wildman–Crippen MR) is 85.9 cm³/mol. The van der Waals surface area contributed by atoms with Crippen LogP contribution < -0.4 is 5.32 Å². The third-order valence-electron chi connectivity index (χ3n) is 2.66. The molecule has 0 aliphatic heterocycles. The lowest BCUT2D eigenvalue weighted by Gasteiger charge is -2.01. The number of aromatic nitrogens is 3. The van der Waals surface area contributed by atoms with Crippen LogP contribution in [0.15, 0.2) is 45.3 Å². The average molecular weight is 332 g/mol. The van der Waals surface area contributed by atoms with Gasteiger partial charge in [0.1, 0.15) is 10.7 Å². The van der Waals surface area contributed by atoms with E-state index < -0.39 is 0 Å². The van der Waals surface area contributed by atoms with Crippen LogP contribution in [0.5, 0.6) is 0 Å². The van der Waals surface area contributed by atoms with Gasteiger partial charge in [-0.05, 0) is 30.5 Å². The number of hydrogen-bond donors (Lipinski definition) is 1. The summed E-state index contributed by atoms with van der Waals surface area (Å²) in [5, 5.41) is 17.3. The summed E-state index contributed by atoms with van der Waals surface area (Å²) in [7, 11) is 0. The number of amides is 1. The van der Waals surface area contributed by atoms with Crippen LogP contribution in [0, 0.1) is 6.92 Å². The summed E-state index contributed by atoms with van der Waals surface area (Å²) in [4.78, 5) is 12.9. The number of thioether (sulfide) groups is 1. The molecule has 3 aromatic heterocycles. The maximum Gasteiger partial charge on any atom is 0.237 e. The maximum absolute atomic E-state index is 11.8. The summed E-state index contributed by atoms with van der Waals surface area (Å²) in [6.07, 6.45) is 0. The Balaban J connectivity index is 1.54. The molecule has 0 saturated carbocycles. The van der Waals surface area contributed by atoms with Crippen LogP contribution >= 0.6 is 23.1 Å². The van der Waals surface area contributed by atoms with E-state index in [9.17, 15) is 4.79 Å². The van der Waals surface area contributed by atoms with Gasteiger partial charge in [-0.15, -0.1) is 21.5 Å². The fraction of sp³-hybridized carbons (Fsp3) is 0.143. The highest BCUT2D eigenvalue weighted by Gasteiger charge is 2.08. The summed E-state index contributed by atoms with van der Waals surface area (Å²) in [6.45, 7) is 1.79. The van der Waals surface area contributed by atoms with Crippen molar-refractivity contribution < 1.29 is 9.32 Å². The first-order valence-electron chi connectivity index (χ1n) is 6.44. The number of aryl methyl sites for hydroxylation is 1. The molecule has 0 aromatic carbocycles. The molecule has 0 radical (unpaired) electrons. The fourth-order valence-electron chi connectivity index (χ4n) is 1.69. The molecule has 3 rings (SSSR count). The zero-order valence-electron chi connectivity index (χ0n) is 11.6. The molecule has 8 heteroatoms. The van der Waals surface area contributed by atoms with E-state index in [0.29, 0.717) is 10.9 Å². The zero-order valence-corrected chi connectivity index (χ0v) is 13.3. The van der Waals surface area contributed by atoms with Crippen molar-refractivity contribution in [1.82, 2.24) is 15.4 Å². The molecule has 3 aromatic rings. The quantitative estimate of drug-likeness (QED) is 0.723. The van der Waals surface area contributed by atoms with Gasteiger partial charge in [0.25, 0.3) is 0 Å². The first-order valence-corrected chi connectivity index (χ1v) is 8.31. The fourth-order valence-corrected chi connectivity index (χ4v) is 2.99. The minimum atomic E-state index is -0.176. The molecule has 112 valence electrons. The Kier molecular flexibility index (Phi) is 4.50. The molecule has 1 amide bonds. The van der Waals surface area contributed by atoms with E-state index >= 15 is 0 Å². The number of rotatable bonds is 5. The molecule has 1 N–H and O–H groups in total. The van der Waals surface area contributed by atoms with Gasteiger partial charge in [-0.2, -0.15) is 0 Å². The Morgan fingerprint density at radius 1 is 1.36 bits per heavy atom. The summed E-state index contributed by atoms with van der Waals surface area (Å²) >= 11 is 2.93. The Morgan fingerprint density at radius 2 is 2.27 bits per heavy atom. The van der Waals surface area contributed by atoms with Crippen LogP contribution in [-0.2, 0) is 4.79 Å². The van der Waals surface area contributed by atoms with Crippen LogP contribution in [-0.4, -0.2) is 27.0 Å². The lowest BCUT2D eigenvalue weighted by Crippen LogP contribution is -2.13. The third-order valence-corrected chi connectivity index (χ3v) is 4.47. The molecule has 0 aliphatic carbocycles. The minimum absolute atomic E-state index is 0.176. The van der Waals surface area contributed by atoms with Gasteiger partial charge in [0.15, 0.2) is 0 Å². The zero-order chi connectivity index (χ0) is 15.4. The van der Waals surface area contributed by atoms with E-state index in [4.69, 9.17) is 4.52 Å². The second-order valence-corrected chi connectivity index (χ2v) is 6.35. The molecule has 6 nitrogen and oxygen atoms in total. The largest absolute Gasteiger partial charge is 0.338 e. The van der Waals surface area contributed by atoms with Crippen molar-refractivity contribution in [2.75, 3.05) is 11.1 Å². The average Bonchev–Trinajstić information content (AvgIpc) is 3.18. The number of nitrogens with zero attached hydrogens (tertiary/aromatic N) is 3. The molecule has 0 aliphatic rings. The molecular formula is C14H12N4O2S2. The standard InChI is InChI=1S/C14H12N4O2S2/c1-9-7-13(20-18-9)15-12(19)8-22-14-5-4-10(16-17-14)11-3-2-6-21-11/h2-7H,8H2,1H3,(H,15,19). The lowest BCUT2D eigenvalue weighted by atomic mass is 10.3. The number of nitrogens with one attached hydrogen (secondary N) is 1. The van der Waals surface area contributed by atoms with Gasteiger partial charge >= 0.3 is 0 Å². The molecule has 0 fully saturated rings. The highest BCUT2D eigenvalue weighted by atomic mass is 32.2. The molecule has 3 heterocycles. The third kappa shape index (κ3) is 3.71. The Hall–Kier alpha value is -2.19. The van der Waals surface area contributed by atoms with Gasteiger partial charge < -0.3 is 4.52 Å². The summed E-state index contributed by atoms with van der Waals surface area (Å²) in [5.74, 6) is 0.403. The van der Waals surface area contributed by atoms with Crippen molar-refractivity contribution in [2.45, 2.75) is 11.9 Å². The molecular weight excluding hydrogens is 320 g/mol. The van der Waals surface area contributed by atoms with Gasteiger partial charge in [0.05, 0.1) is 16.3 Å². The molecule has 0 unspecified atom stereocenters. The van der Waals surface area contributed by atoms with Crippen molar-refractivity contribution in [3.05, 3.63) is 41.4 Å². The lowest BCUT2D eigenvalue weighted by molar-refractivity contribution is -0.113. The van der Waals surface area contributed by atoms with Gasteiger partial charge in [-0.25, -0.2) is 0 Å². The van der Waals surface area contributed by atoms with Crippen molar-refractivity contribution in [2.24, 2.45) is 0 Å². The monoisotopic (exact) mass is 332 g/mol. The van der Waals surface area contributed by atoms with E-state index in [1.54, 1.807) is 24.3 Å². The highest BCUT2D eigenvalue weighted by molar-refractivity contribution is 7.99. The SMILES string of the molecule is Cc1cc(NC(=O)CSc2ccc(-c3cccs3)nn2)on1. The van der Waals surface area contributed by atoms with Gasteiger partial charge in [0, 0.05) is 6.07 Å². The number of thiophene rings is 1. The second kappa shape index (κ2) is 6.71. The Bertz CT molecular complexity index is 754. The van der Waals surface area contributed by atoms with Gasteiger partial charge in [0.2, 0.25) is 11.8 Å². The summed E-state index contributed by atoms with van der Waals surface area (Å²) < 4.78 is 4.93. The molecule has 22 heavy (non-hydrogen) atoms. The minimum Gasteiger partial charge on any atom is -0.338 e. The molecule has 0 atom stereocenters. The first kappa shape index (κ1) is 14.7. The van der Waals surface area contributed by atoms with E-state index in [1.807, 2.05) is 29.6 Å². The molecule has 0 spiro atoms. The molecule has 0 saturated heterocycles. The topological polar surface area (TPSA) is 80.9 Å². The van der Waals surface area contributed by atoms with Gasteiger partial charge in [-0.1, -0.05) is 23.0 Å². The second-order valence-electron chi connectivity index (χ2n) is 4.40. The van der Waals surface area contributed by atoms with Crippen molar-refractivity contribution in [1.29, 1.82) is 0 Å². The summed E-state index contributed by atoms with van der Waals surface area (Å²) in [6, 6.07) is 9.39. The van der Waals surface area contributed by atoms with E-state index in [0.717, 1.165) is 16.3 Å².